The molecule has 4 atom stereocenters. The lowest BCUT2D eigenvalue weighted by Crippen LogP contribution is -2.48. The first kappa shape index (κ1) is 20.0. The normalized spacial score (nSPS) is 30.7. The van der Waals surface area contributed by atoms with Crippen molar-refractivity contribution in [3.63, 3.8) is 0 Å². The molecule has 0 spiro atoms. The molecule has 0 radical (unpaired) electrons. The fraction of sp³-hybridized carbons (Fsp3) is 0.667. The summed E-state index contributed by atoms with van der Waals surface area (Å²) in [5.41, 5.74) is 3.16. The van der Waals surface area contributed by atoms with Crippen LogP contribution in [0.3, 0.4) is 0 Å². The lowest BCUT2D eigenvalue weighted by Gasteiger charge is -2.30. The number of nitrogens with one attached hydrogen (secondary N) is 1. The van der Waals surface area contributed by atoms with Crippen LogP contribution in [0.5, 0.6) is 0 Å². The van der Waals surface area contributed by atoms with Gasteiger partial charge in [-0.1, -0.05) is 6.08 Å². The Labute approximate surface area is 178 Å². The van der Waals surface area contributed by atoms with E-state index in [1.807, 2.05) is 17.6 Å². The zero-order chi connectivity index (χ0) is 20.8. The van der Waals surface area contributed by atoms with Crippen molar-refractivity contribution in [2.75, 3.05) is 19.7 Å². The van der Waals surface area contributed by atoms with E-state index < -0.39 is 0 Å². The van der Waals surface area contributed by atoms with E-state index in [1.54, 1.807) is 0 Å². The molecule has 1 amide bonds. The number of rotatable bonds is 6. The first-order valence-corrected chi connectivity index (χ1v) is 11.7. The van der Waals surface area contributed by atoms with E-state index in [9.17, 15) is 14.7 Å². The second kappa shape index (κ2) is 7.97. The van der Waals surface area contributed by atoms with Gasteiger partial charge in [-0.05, 0) is 69.1 Å². The van der Waals surface area contributed by atoms with Crippen LogP contribution in [-0.4, -0.2) is 46.2 Å². The van der Waals surface area contributed by atoms with Gasteiger partial charge in [-0.2, -0.15) is 0 Å². The molecule has 6 nitrogen and oxygen atoms in total. The van der Waals surface area contributed by atoms with Crippen LogP contribution < -0.4 is 10.9 Å². The minimum absolute atomic E-state index is 0.0180. The van der Waals surface area contributed by atoms with Gasteiger partial charge in [-0.25, -0.2) is 0 Å². The minimum Gasteiger partial charge on any atom is -0.396 e. The van der Waals surface area contributed by atoms with E-state index in [1.165, 1.54) is 24.8 Å². The predicted octanol–water partition coefficient (Wildman–Crippen LogP) is 2.32. The molecule has 1 aromatic rings. The summed E-state index contributed by atoms with van der Waals surface area (Å²) >= 11 is 0. The van der Waals surface area contributed by atoms with Crippen LogP contribution >= 0.6 is 0 Å². The maximum absolute atomic E-state index is 13.4. The molecule has 1 saturated heterocycles. The van der Waals surface area contributed by atoms with Gasteiger partial charge in [-0.15, -0.1) is 0 Å². The van der Waals surface area contributed by atoms with Crippen molar-refractivity contribution in [1.82, 2.24) is 14.8 Å². The third-order valence-corrected chi connectivity index (χ3v) is 7.61. The number of allylic oxidation sites excluding steroid dienone is 2. The number of amides is 1. The highest BCUT2D eigenvalue weighted by Gasteiger charge is 2.56. The summed E-state index contributed by atoms with van der Waals surface area (Å²) in [5, 5.41) is 13.3. The molecule has 0 bridgehead atoms. The first-order valence-electron chi connectivity index (χ1n) is 11.7. The van der Waals surface area contributed by atoms with Crippen LogP contribution in [0.4, 0.5) is 0 Å². The van der Waals surface area contributed by atoms with Crippen molar-refractivity contribution in [1.29, 1.82) is 0 Å². The summed E-state index contributed by atoms with van der Waals surface area (Å²) in [6.45, 7) is 3.98. The standard InChI is InChI=1S/C24H33N3O3/c1-2-25-23(29)22-19(14-28)18-13-26-20(21(18)27(22)12-15-8-9-15)11-10-17(24(26)30)16-6-4-3-5-7-16/h6,10-11,15,18-19,21-22,28H,2-5,7-9,12-14H2,1H3,(H,25,29)/t18-,19-,21+,22-/m1/s1. The number of fused-ring (bicyclic) bond motifs is 3. The van der Waals surface area contributed by atoms with E-state index in [-0.39, 0.29) is 42.0 Å². The number of aromatic nitrogens is 1. The number of aliphatic hydroxyl groups excluding tert-OH is 1. The monoisotopic (exact) mass is 411 g/mol. The minimum atomic E-state index is -0.310. The topological polar surface area (TPSA) is 74.6 Å². The van der Waals surface area contributed by atoms with Gasteiger partial charge in [0, 0.05) is 49.3 Å². The molecule has 30 heavy (non-hydrogen) atoms. The van der Waals surface area contributed by atoms with Crippen molar-refractivity contribution in [2.24, 2.45) is 17.8 Å². The number of carbonyl (C=O) groups is 1. The van der Waals surface area contributed by atoms with Gasteiger partial charge in [0.25, 0.3) is 5.56 Å². The second-order valence-electron chi connectivity index (χ2n) is 9.50. The number of likely N-dealkylation sites (N-methyl/N-ethyl adjacent to an activating group) is 1. The number of hydrogen-bond donors (Lipinski definition) is 2. The molecule has 0 unspecified atom stereocenters. The molecule has 5 rings (SSSR count). The number of likely N-dealkylation sites (tertiary alicyclic amines) is 1. The van der Waals surface area contributed by atoms with Gasteiger partial charge in [0.2, 0.25) is 5.91 Å². The lowest BCUT2D eigenvalue weighted by atomic mass is 9.88. The SMILES string of the molecule is CCNC(=O)[C@H]1[C@H](CO)[C@H]2Cn3c(ccc(C4=CCCCC4)c3=O)[C@H]2N1CC1CC1. The summed E-state index contributed by atoms with van der Waals surface area (Å²) in [6, 6.07) is 3.86. The maximum Gasteiger partial charge on any atom is 0.258 e. The Hall–Kier alpha value is -1.92. The average Bonchev–Trinajstić information content (AvgIpc) is 3.41. The highest BCUT2D eigenvalue weighted by molar-refractivity contribution is 5.82. The van der Waals surface area contributed by atoms with Crippen LogP contribution in [0, 0.1) is 17.8 Å². The van der Waals surface area contributed by atoms with Crippen molar-refractivity contribution < 1.29 is 9.90 Å². The van der Waals surface area contributed by atoms with Crippen LogP contribution in [0.1, 0.15) is 62.7 Å². The molecule has 2 aliphatic heterocycles. The zero-order valence-electron chi connectivity index (χ0n) is 17.8. The molecule has 2 N–H and O–H groups in total. The average molecular weight is 412 g/mol. The molecular formula is C24H33N3O3. The third kappa shape index (κ3) is 3.25. The Morgan fingerprint density at radius 1 is 1.27 bits per heavy atom. The van der Waals surface area contributed by atoms with Crippen LogP contribution in [0.25, 0.3) is 5.57 Å². The van der Waals surface area contributed by atoms with Gasteiger partial charge in [0.15, 0.2) is 0 Å². The number of nitrogens with zero attached hydrogens (tertiary/aromatic N) is 2. The smallest absolute Gasteiger partial charge is 0.258 e. The van der Waals surface area contributed by atoms with E-state index >= 15 is 0 Å². The maximum atomic E-state index is 13.4. The molecular weight excluding hydrogens is 378 g/mol. The van der Waals surface area contributed by atoms with Crippen molar-refractivity contribution in [3.8, 4) is 0 Å². The van der Waals surface area contributed by atoms with Gasteiger partial charge < -0.3 is 15.0 Å². The van der Waals surface area contributed by atoms with E-state index in [4.69, 9.17) is 0 Å². The molecule has 4 aliphatic rings. The second-order valence-corrected chi connectivity index (χ2v) is 9.50. The largest absolute Gasteiger partial charge is 0.396 e. The number of pyridine rings is 1. The zero-order valence-corrected chi connectivity index (χ0v) is 17.8. The summed E-state index contributed by atoms with van der Waals surface area (Å²) in [7, 11) is 0. The van der Waals surface area contributed by atoms with E-state index in [0.29, 0.717) is 19.0 Å². The molecule has 1 aromatic heterocycles. The molecule has 6 heteroatoms. The quantitative estimate of drug-likeness (QED) is 0.753. The van der Waals surface area contributed by atoms with Crippen molar-refractivity contribution in [2.45, 2.75) is 64.1 Å². The Bertz CT molecular complexity index is 917. The molecule has 2 fully saturated rings. The summed E-state index contributed by atoms with van der Waals surface area (Å²) < 4.78 is 1.94. The molecule has 162 valence electrons. The summed E-state index contributed by atoms with van der Waals surface area (Å²) in [5.74, 6) is 0.610. The number of carbonyl (C=O) groups excluding carboxylic acids is 1. The van der Waals surface area contributed by atoms with Crippen LogP contribution in [-0.2, 0) is 11.3 Å². The number of aliphatic hydroxyl groups is 1. The van der Waals surface area contributed by atoms with Gasteiger partial charge in [-0.3, -0.25) is 14.5 Å². The van der Waals surface area contributed by atoms with E-state index in [0.717, 1.165) is 37.1 Å². The number of hydrogen-bond acceptors (Lipinski definition) is 4. The van der Waals surface area contributed by atoms with Crippen LogP contribution in [0.15, 0.2) is 23.0 Å². The Morgan fingerprint density at radius 3 is 2.77 bits per heavy atom. The van der Waals surface area contributed by atoms with E-state index in [2.05, 4.69) is 22.4 Å². The summed E-state index contributed by atoms with van der Waals surface area (Å²) in [4.78, 5) is 28.7. The Balaban J connectivity index is 1.53. The van der Waals surface area contributed by atoms with Crippen LogP contribution in [0.2, 0.25) is 0 Å². The first-order chi connectivity index (χ1) is 14.6. The predicted molar refractivity (Wildman–Crippen MR) is 116 cm³/mol. The van der Waals surface area contributed by atoms with Crippen molar-refractivity contribution in [3.05, 3.63) is 39.8 Å². The van der Waals surface area contributed by atoms with Gasteiger partial charge in [0.1, 0.15) is 0 Å². The fourth-order valence-corrected chi connectivity index (χ4v) is 6.02. The Morgan fingerprint density at radius 2 is 2.10 bits per heavy atom. The highest BCUT2D eigenvalue weighted by Crippen LogP contribution is 2.50. The molecule has 3 heterocycles. The third-order valence-electron chi connectivity index (χ3n) is 7.61. The molecule has 0 aromatic carbocycles. The molecule has 2 aliphatic carbocycles. The highest BCUT2D eigenvalue weighted by atomic mass is 16.3. The van der Waals surface area contributed by atoms with Gasteiger partial charge >= 0.3 is 0 Å². The fourth-order valence-electron chi connectivity index (χ4n) is 6.02. The van der Waals surface area contributed by atoms with Crippen molar-refractivity contribution >= 4 is 11.5 Å². The summed E-state index contributed by atoms with van der Waals surface area (Å²) in [6.07, 6.45) is 9.03. The lowest BCUT2D eigenvalue weighted by molar-refractivity contribution is -0.127. The Kier molecular flexibility index (Phi) is 5.31. The molecule has 1 saturated carbocycles. The van der Waals surface area contributed by atoms with Gasteiger partial charge in [0.05, 0.1) is 12.1 Å².